The first-order chi connectivity index (χ1) is 12.9. The summed E-state index contributed by atoms with van der Waals surface area (Å²) in [7, 11) is 0. The standard InChI is InChI=1S/C17H16ClFN4O4/c18-9-2-1-7(5-10(9)19)11(24)14-12(25)13(26)17(27-14)23-4-3-8-15(20)21-6-22-16(8)23/h1-6,11-14,17,24-26H,(H2,20,21,22). The lowest BCUT2D eigenvalue weighted by atomic mass is 9.99. The summed E-state index contributed by atoms with van der Waals surface area (Å²) in [5.41, 5.74) is 6.38. The molecule has 0 saturated carbocycles. The summed E-state index contributed by atoms with van der Waals surface area (Å²) in [4.78, 5) is 8.02. The maximum Gasteiger partial charge on any atom is 0.164 e. The summed E-state index contributed by atoms with van der Waals surface area (Å²) in [5.74, 6) is -0.443. The lowest BCUT2D eigenvalue weighted by Gasteiger charge is -2.21. The second-order valence-electron chi connectivity index (χ2n) is 6.31. The van der Waals surface area contributed by atoms with Crippen LogP contribution in [0.4, 0.5) is 10.2 Å². The molecule has 4 rings (SSSR count). The van der Waals surface area contributed by atoms with Gasteiger partial charge in [0.1, 0.15) is 48.0 Å². The molecular weight excluding hydrogens is 379 g/mol. The molecule has 5 unspecified atom stereocenters. The molecule has 1 aromatic carbocycles. The zero-order chi connectivity index (χ0) is 19.3. The maximum atomic E-state index is 13.7. The quantitative estimate of drug-likeness (QED) is 0.525. The number of benzene rings is 1. The largest absolute Gasteiger partial charge is 0.387 e. The minimum atomic E-state index is -1.42. The molecule has 142 valence electrons. The van der Waals surface area contributed by atoms with Gasteiger partial charge < -0.3 is 30.4 Å². The van der Waals surface area contributed by atoms with Gasteiger partial charge in [0, 0.05) is 6.20 Å². The van der Waals surface area contributed by atoms with Crippen molar-refractivity contribution in [2.75, 3.05) is 5.73 Å². The van der Waals surface area contributed by atoms with Gasteiger partial charge in [0.15, 0.2) is 6.23 Å². The van der Waals surface area contributed by atoms with E-state index in [0.29, 0.717) is 11.0 Å². The molecule has 2 aromatic heterocycles. The third-order valence-electron chi connectivity index (χ3n) is 4.69. The van der Waals surface area contributed by atoms with Gasteiger partial charge >= 0.3 is 0 Å². The first kappa shape index (κ1) is 18.1. The number of halogens is 2. The number of fused-ring (bicyclic) bond motifs is 1. The van der Waals surface area contributed by atoms with Crippen LogP contribution in [0, 0.1) is 5.82 Å². The molecule has 0 bridgehead atoms. The number of hydrogen-bond donors (Lipinski definition) is 4. The van der Waals surface area contributed by atoms with Crippen molar-refractivity contribution in [3.8, 4) is 0 Å². The van der Waals surface area contributed by atoms with E-state index in [-0.39, 0.29) is 16.4 Å². The van der Waals surface area contributed by atoms with E-state index in [1.807, 2.05) is 0 Å². The molecule has 8 nitrogen and oxygen atoms in total. The molecule has 0 spiro atoms. The van der Waals surface area contributed by atoms with Gasteiger partial charge in [-0.3, -0.25) is 0 Å². The number of ether oxygens (including phenoxy) is 1. The van der Waals surface area contributed by atoms with Crippen molar-refractivity contribution < 1.29 is 24.4 Å². The van der Waals surface area contributed by atoms with Gasteiger partial charge in [0.05, 0.1) is 10.4 Å². The average molecular weight is 395 g/mol. The van der Waals surface area contributed by atoms with Crippen LogP contribution in [-0.4, -0.2) is 48.2 Å². The van der Waals surface area contributed by atoms with Crippen LogP contribution in [0.25, 0.3) is 11.0 Å². The van der Waals surface area contributed by atoms with Crippen molar-refractivity contribution in [2.45, 2.75) is 30.6 Å². The van der Waals surface area contributed by atoms with Crippen molar-refractivity contribution in [2.24, 2.45) is 0 Å². The highest BCUT2D eigenvalue weighted by Crippen LogP contribution is 2.38. The van der Waals surface area contributed by atoms with Gasteiger partial charge in [-0.2, -0.15) is 0 Å². The average Bonchev–Trinajstić information content (AvgIpc) is 3.20. The number of rotatable bonds is 3. The SMILES string of the molecule is Nc1ncnc2c1ccn2C1OC(C(O)c2ccc(Cl)c(F)c2)C(O)C1O. The van der Waals surface area contributed by atoms with E-state index in [1.165, 1.54) is 23.0 Å². The van der Waals surface area contributed by atoms with E-state index in [2.05, 4.69) is 9.97 Å². The van der Waals surface area contributed by atoms with Gasteiger partial charge in [-0.25, -0.2) is 14.4 Å². The molecule has 3 aromatic rings. The third-order valence-corrected chi connectivity index (χ3v) is 4.99. The minimum Gasteiger partial charge on any atom is -0.387 e. The minimum absolute atomic E-state index is 0.0900. The molecule has 5 N–H and O–H groups in total. The summed E-state index contributed by atoms with van der Waals surface area (Å²) in [6.45, 7) is 0. The highest BCUT2D eigenvalue weighted by Gasteiger charge is 2.47. The van der Waals surface area contributed by atoms with Gasteiger partial charge in [-0.05, 0) is 23.8 Å². The third kappa shape index (κ3) is 2.93. The summed E-state index contributed by atoms with van der Waals surface area (Å²) in [6, 6.07) is 5.43. The smallest absolute Gasteiger partial charge is 0.164 e. The van der Waals surface area contributed by atoms with Crippen LogP contribution in [-0.2, 0) is 4.74 Å². The van der Waals surface area contributed by atoms with E-state index in [1.54, 1.807) is 12.3 Å². The normalized spacial score (nSPS) is 26.6. The van der Waals surface area contributed by atoms with Crippen LogP contribution >= 0.6 is 11.6 Å². The number of aliphatic hydroxyl groups is 3. The maximum absolute atomic E-state index is 13.7. The molecule has 1 saturated heterocycles. The number of aliphatic hydroxyl groups excluding tert-OH is 3. The highest BCUT2D eigenvalue weighted by atomic mass is 35.5. The van der Waals surface area contributed by atoms with E-state index >= 15 is 0 Å². The molecule has 10 heteroatoms. The number of nitrogens with zero attached hydrogens (tertiary/aromatic N) is 3. The fraction of sp³-hybridized carbons (Fsp3) is 0.294. The van der Waals surface area contributed by atoms with Crippen LogP contribution in [0.2, 0.25) is 5.02 Å². The Bertz CT molecular complexity index is 1000. The van der Waals surface area contributed by atoms with Crippen molar-refractivity contribution in [1.82, 2.24) is 14.5 Å². The van der Waals surface area contributed by atoms with Crippen LogP contribution in [0.1, 0.15) is 17.9 Å². The topological polar surface area (TPSA) is 127 Å². The summed E-state index contributed by atoms with van der Waals surface area (Å²) in [6.07, 6.45) is -3.50. The van der Waals surface area contributed by atoms with Gasteiger partial charge in [-0.1, -0.05) is 17.7 Å². The Labute approximate surface area is 157 Å². The predicted octanol–water partition coefficient (Wildman–Crippen LogP) is 1.16. The Kier molecular flexibility index (Phi) is 4.49. The summed E-state index contributed by atoms with van der Waals surface area (Å²) < 4.78 is 20.9. The second-order valence-corrected chi connectivity index (χ2v) is 6.72. The molecule has 0 aliphatic carbocycles. The van der Waals surface area contributed by atoms with Gasteiger partial charge in [0.25, 0.3) is 0 Å². The van der Waals surface area contributed by atoms with Gasteiger partial charge in [0.2, 0.25) is 0 Å². The molecule has 0 radical (unpaired) electrons. The number of aromatic nitrogens is 3. The molecule has 1 aliphatic heterocycles. The molecule has 3 heterocycles. The van der Waals surface area contributed by atoms with Crippen LogP contribution in [0.3, 0.4) is 0 Å². The number of anilines is 1. The lowest BCUT2D eigenvalue weighted by molar-refractivity contribution is -0.0848. The van der Waals surface area contributed by atoms with Crippen molar-refractivity contribution in [3.63, 3.8) is 0 Å². The van der Waals surface area contributed by atoms with Crippen molar-refractivity contribution in [3.05, 3.63) is 53.2 Å². The van der Waals surface area contributed by atoms with E-state index in [4.69, 9.17) is 22.1 Å². The van der Waals surface area contributed by atoms with Crippen molar-refractivity contribution in [1.29, 1.82) is 0 Å². The number of nitrogens with two attached hydrogens (primary N) is 1. The Balaban J connectivity index is 1.66. The molecular formula is C17H16ClFN4O4. The number of hydrogen-bond acceptors (Lipinski definition) is 7. The molecule has 1 fully saturated rings. The Morgan fingerprint density at radius 1 is 1.22 bits per heavy atom. The summed E-state index contributed by atoms with van der Waals surface area (Å²) >= 11 is 5.65. The van der Waals surface area contributed by atoms with Crippen molar-refractivity contribution >= 4 is 28.5 Å². The fourth-order valence-corrected chi connectivity index (χ4v) is 3.38. The predicted molar refractivity (Wildman–Crippen MR) is 94.2 cm³/mol. The molecule has 27 heavy (non-hydrogen) atoms. The van der Waals surface area contributed by atoms with E-state index in [9.17, 15) is 19.7 Å². The Hall–Kier alpha value is -2.30. The summed E-state index contributed by atoms with van der Waals surface area (Å²) in [5, 5.41) is 31.8. The highest BCUT2D eigenvalue weighted by molar-refractivity contribution is 6.30. The second kappa shape index (κ2) is 6.70. The first-order valence-corrected chi connectivity index (χ1v) is 8.48. The zero-order valence-electron chi connectivity index (χ0n) is 13.8. The molecule has 1 aliphatic rings. The van der Waals surface area contributed by atoms with Crippen LogP contribution in [0.15, 0.2) is 36.8 Å². The van der Waals surface area contributed by atoms with Crippen LogP contribution in [0.5, 0.6) is 0 Å². The Morgan fingerprint density at radius 2 is 2.00 bits per heavy atom. The fourth-order valence-electron chi connectivity index (χ4n) is 3.26. The van der Waals surface area contributed by atoms with E-state index < -0.39 is 36.5 Å². The zero-order valence-corrected chi connectivity index (χ0v) is 14.5. The lowest BCUT2D eigenvalue weighted by Crippen LogP contribution is -2.34. The van der Waals surface area contributed by atoms with Gasteiger partial charge in [-0.15, -0.1) is 0 Å². The Morgan fingerprint density at radius 3 is 2.74 bits per heavy atom. The number of nitrogen functional groups attached to an aromatic ring is 1. The molecule has 5 atom stereocenters. The van der Waals surface area contributed by atoms with E-state index in [0.717, 1.165) is 6.07 Å². The monoisotopic (exact) mass is 394 g/mol. The molecule has 0 amide bonds. The first-order valence-electron chi connectivity index (χ1n) is 8.10. The van der Waals surface area contributed by atoms with Crippen LogP contribution < -0.4 is 5.73 Å².